The highest BCUT2D eigenvalue weighted by atomic mass is 32.1. The summed E-state index contributed by atoms with van der Waals surface area (Å²) in [6.07, 6.45) is 0. The first-order valence-electron chi connectivity index (χ1n) is 13.6. The van der Waals surface area contributed by atoms with E-state index in [1.54, 1.807) is 22.7 Å². The molecule has 0 aliphatic carbocycles. The summed E-state index contributed by atoms with van der Waals surface area (Å²) in [6, 6.07) is 18.4. The van der Waals surface area contributed by atoms with Crippen LogP contribution in [0.2, 0.25) is 0 Å². The van der Waals surface area contributed by atoms with E-state index in [4.69, 9.17) is 9.97 Å². The Hall–Kier alpha value is -2.90. The predicted octanol–water partition coefficient (Wildman–Crippen LogP) is 11.9. The lowest BCUT2D eigenvalue weighted by Gasteiger charge is -2.24. The van der Waals surface area contributed by atoms with Crippen LogP contribution < -0.4 is 0 Å². The Labute approximate surface area is 249 Å². The van der Waals surface area contributed by atoms with Crippen LogP contribution in [0.4, 0.5) is 0 Å². The SMILES string of the molecule is CC(C)(C)c1cc2c3nc(-c4cccs4)sc3c3cc(C(C)(C)C)cc4c5sc(-c6cccs6)nc5c(c1)c2c34. The van der Waals surface area contributed by atoms with Crippen molar-refractivity contribution in [1.29, 1.82) is 0 Å². The minimum atomic E-state index is 0.00170. The van der Waals surface area contributed by atoms with Crippen LogP contribution in [-0.4, -0.2) is 9.97 Å². The number of benzene rings is 4. The molecular formula is C34H28N2S4. The van der Waals surface area contributed by atoms with Crippen molar-refractivity contribution >= 4 is 98.1 Å². The quantitative estimate of drug-likeness (QED) is 0.187. The number of hydrogen-bond donors (Lipinski definition) is 0. The molecule has 0 saturated carbocycles. The lowest BCUT2D eigenvalue weighted by Crippen LogP contribution is -2.12. The van der Waals surface area contributed by atoms with Gasteiger partial charge in [0.15, 0.2) is 0 Å². The van der Waals surface area contributed by atoms with Gasteiger partial charge in [0, 0.05) is 32.3 Å². The molecule has 0 amide bonds. The average Bonchev–Trinajstić information content (AvgIpc) is 3.72. The van der Waals surface area contributed by atoms with Crippen LogP contribution in [0.15, 0.2) is 59.3 Å². The fourth-order valence-corrected chi connectivity index (χ4v) is 9.60. The van der Waals surface area contributed by atoms with Gasteiger partial charge in [0.1, 0.15) is 10.0 Å². The zero-order valence-corrected chi connectivity index (χ0v) is 26.6. The molecule has 198 valence electrons. The second-order valence-corrected chi connectivity index (χ2v) is 16.6. The molecule has 0 bridgehead atoms. The highest BCUT2D eigenvalue weighted by Crippen LogP contribution is 2.51. The molecule has 8 rings (SSSR count). The third-order valence-corrected chi connectivity index (χ3v) is 12.2. The summed E-state index contributed by atoms with van der Waals surface area (Å²) in [7, 11) is 0. The Morgan fingerprint density at radius 1 is 0.550 bits per heavy atom. The van der Waals surface area contributed by atoms with E-state index < -0.39 is 0 Å². The molecule has 0 fully saturated rings. The maximum atomic E-state index is 5.36. The first-order chi connectivity index (χ1) is 19.1. The van der Waals surface area contributed by atoms with Gasteiger partial charge in [-0.1, -0.05) is 53.7 Å². The molecule has 0 aliphatic rings. The molecule has 0 atom stereocenters. The molecule has 4 aromatic heterocycles. The van der Waals surface area contributed by atoms with Crippen molar-refractivity contribution in [2.24, 2.45) is 0 Å². The molecule has 2 nitrogen and oxygen atoms in total. The molecule has 0 unspecified atom stereocenters. The van der Waals surface area contributed by atoms with E-state index in [1.807, 2.05) is 22.7 Å². The monoisotopic (exact) mass is 592 g/mol. The highest BCUT2D eigenvalue weighted by Gasteiger charge is 2.27. The normalized spacial score (nSPS) is 13.2. The van der Waals surface area contributed by atoms with Gasteiger partial charge in [0.25, 0.3) is 0 Å². The number of rotatable bonds is 2. The fraction of sp³-hybridized carbons (Fsp3) is 0.235. The van der Waals surface area contributed by atoms with E-state index in [-0.39, 0.29) is 10.8 Å². The van der Waals surface area contributed by atoms with Gasteiger partial charge in [-0.15, -0.1) is 45.3 Å². The molecule has 0 saturated heterocycles. The third kappa shape index (κ3) is 3.56. The zero-order chi connectivity index (χ0) is 27.6. The molecule has 0 N–H and O–H groups in total. The Kier molecular flexibility index (Phi) is 5.17. The number of aromatic nitrogens is 2. The average molecular weight is 593 g/mol. The molecule has 40 heavy (non-hydrogen) atoms. The second kappa shape index (κ2) is 8.32. The van der Waals surface area contributed by atoms with E-state index in [0.29, 0.717) is 0 Å². The molecule has 4 aromatic carbocycles. The van der Waals surface area contributed by atoms with Gasteiger partial charge in [-0.25, -0.2) is 9.97 Å². The Morgan fingerprint density at radius 3 is 1.32 bits per heavy atom. The molecule has 8 aromatic rings. The summed E-state index contributed by atoms with van der Waals surface area (Å²) in [4.78, 5) is 13.2. The third-order valence-electron chi connectivity index (χ3n) is 7.98. The van der Waals surface area contributed by atoms with Crippen molar-refractivity contribution in [3.8, 4) is 19.8 Å². The van der Waals surface area contributed by atoms with Gasteiger partial charge in [0.2, 0.25) is 0 Å². The molecule has 6 heteroatoms. The Morgan fingerprint density at radius 2 is 0.950 bits per heavy atom. The van der Waals surface area contributed by atoms with Crippen LogP contribution in [0.5, 0.6) is 0 Å². The van der Waals surface area contributed by atoms with Gasteiger partial charge in [-0.2, -0.15) is 0 Å². The van der Waals surface area contributed by atoms with E-state index in [1.165, 1.54) is 62.6 Å². The number of hydrogen-bond acceptors (Lipinski definition) is 6. The predicted molar refractivity (Wildman–Crippen MR) is 181 cm³/mol. The fourth-order valence-electron chi connectivity index (χ4n) is 5.80. The first-order valence-corrected chi connectivity index (χ1v) is 17.0. The van der Waals surface area contributed by atoms with E-state index >= 15 is 0 Å². The minimum absolute atomic E-state index is 0.00170. The van der Waals surface area contributed by atoms with Crippen LogP contribution in [0.3, 0.4) is 0 Å². The van der Waals surface area contributed by atoms with Crippen molar-refractivity contribution in [1.82, 2.24) is 9.97 Å². The molecule has 0 radical (unpaired) electrons. The molecule has 4 heterocycles. The summed E-state index contributed by atoms with van der Waals surface area (Å²) < 4.78 is 2.59. The largest absolute Gasteiger partial charge is 0.234 e. The Balaban J connectivity index is 1.66. The summed E-state index contributed by atoms with van der Waals surface area (Å²) in [5.41, 5.74) is 4.95. The second-order valence-electron chi connectivity index (χ2n) is 12.7. The maximum absolute atomic E-state index is 5.36. The topological polar surface area (TPSA) is 25.8 Å². The minimum Gasteiger partial charge on any atom is -0.234 e. The number of nitrogens with zero attached hydrogens (tertiary/aromatic N) is 2. The van der Waals surface area contributed by atoms with E-state index in [9.17, 15) is 0 Å². The standard InChI is InChI=1S/C34H28N2S4/c1-33(2,3)17-13-19-25-20(14-17)28-30(40-32(36-28)24-10-8-12-38-24)22-16-18(34(4,5)6)15-21(26(22)25)29-27(19)35-31(39-29)23-9-7-11-37-23/h7-16H,1-6H3. The number of fused-ring (bicyclic) bond motifs is 6. The summed E-state index contributed by atoms with van der Waals surface area (Å²) in [5, 5.41) is 14.3. The molecular weight excluding hydrogens is 565 g/mol. The van der Waals surface area contributed by atoms with E-state index in [0.717, 1.165) is 21.0 Å². The van der Waals surface area contributed by atoms with Crippen LogP contribution in [0.1, 0.15) is 52.7 Å². The molecule has 0 aliphatic heterocycles. The van der Waals surface area contributed by atoms with Gasteiger partial charge < -0.3 is 0 Å². The smallest absolute Gasteiger partial charge is 0.134 e. The van der Waals surface area contributed by atoms with Gasteiger partial charge in [-0.05, 0) is 69.1 Å². The van der Waals surface area contributed by atoms with Crippen molar-refractivity contribution < 1.29 is 0 Å². The first kappa shape index (κ1) is 24.9. The van der Waals surface area contributed by atoms with Crippen LogP contribution in [-0.2, 0) is 10.8 Å². The van der Waals surface area contributed by atoms with Crippen LogP contribution in [0, 0.1) is 0 Å². The molecule has 0 spiro atoms. The summed E-state index contributed by atoms with van der Waals surface area (Å²) >= 11 is 7.22. The van der Waals surface area contributed by atoms with Crippen LogP contribution >= 0.6 is 45.3 Å². The Bertz CT molecular complexity index is 1950. The summed E-state index contributed by atoms with van der Waals surface area (Å²) in [5.74, 6) is 0. The van der Waals surface area contributed by atoms with Gasteiger partial charge >= 0.3 is 0 Å². The lowest BCUT2D eigenvalue weighted by molar-refractivity contribution is 0.591. The zero-order valence-electron chi connectivity index (χ0n) is 23.3. The maximum Gasteiger partial charge on any atom is 0.134 e. The lowest BCUT2D eigenvalue weighted by atomic mass is 9.81. The van der Waals surface area contributed by atoms with Gasteiger partial charge in [-0.3, -0.25) is 0 Å². The van der Waals surface area contributed by atoms with E-state index in [2.05, 4.69) is 101 Å². The number of thiazole rings is 2. The van der Waals surface area contributed by atoms with Gasteiger partial charge in [0.05, 0.1) is 30.2 Å². The van der Waals surface area contributed by atoms with Crippen molar-refractivity contribution in [2.45, 2.75) is 52.4 Å². The number of thiophene rings is 2. The highest BCUT2D eigenvalue weighted by molar-refractivity contribution is 7.27. The van der Waals surface area contributed by atoms with Crippen molar-refractivity contribution in [3.05, 3.63) is 70.4 Å². The summed E-state index contributed by atoms with van der Waals surface area (Å²) in [6.45, 7) is 13.9. The van der Waals surface area contributed by atoms with Crippen molar-refractivity contribution in [2.75, 3.05) is 0 Å². The van der Waals surface area contributed by atoms with Crippen molar-refractivity contribution in [3.63, 3.8) is 0 Å². The van der Waals surface area contributed by atoms with Crippen LogP contribution in [0.25, 0.3) is 72.5 Å².